The van der Waals surface area contributed by atoms with Crippen LogP contribution in [0.5, 0.6) is 0 Å². The van der Waals surface area contributed by atoms with Gasteiger partial charge in [0.15, 0.2) is 0 Å². The molecule has 1 rings (SSSR count). The maximum atomic E-state index is 2.21. The minimum Gasteiger partial charge on any atom is -0.147 e. The lowest BCUT2D eigenvalue weighted by molar-refractivity contribution is 0.906. The van der Waals surface area contributed by atoms with Crippen LogP contribution >= 0.6 is 12.4 Å². The highest BCUT2D eigenvalue weighted by Crippen LogP contribution is 2.15. The van der Waals surface area contributed by atoms with Gasteiger partial charge in [-0.05, 0) is 26.7 Å². The molecule has 11 heavy (non-hydrogen) atoms. The molecule has 0 aromatic carbocycles. The van der Waals surface area contributed by atoms with E-state index in [4.69, 9.17) is 0 Å². The summed E-state index contributed by atoms with van der Waals surface area (Å²) in [5.41, 5.74) is 3.02. The summed E-state index contributed by atoms with van der Waals surface area (Å²) in [5, 5.41) is 0. The Labute approximate surface area is 76.8 Å². The van der Waals surface area contributed by atoms with Gasteiger partial charge in [-0.3, -0.25) is 0 Å². The Morgan fingerprint density at radius 2 is 1.18 bits per heavy atom. The van der Waals surface area contributed by atoms with Gasteiger partial charge in [0, 0.05) is 0 Å². The fourth-order valence-electron chi connectivity index (χ4n) is 0.846. The maximum Gasteiger partial charge on any atom is -0.0283 e. The van der Waals surface area contributed by atoms with E-state index in [9.17, 15) is 0 Å². The SMILES string of the molecule is CC.CC1=CC=C(C)CC1.Cl. The number of allylic oxidation sites excluding steroid dienone is 4. The molecule has 0 fully saturated rings. The van der Waals surface area contributed by atoms with Gasteiger partial charge in [0.25, 0.3) is 0 Å². The molecule has 0 aromatic rings. The van der Waals surface area contributed by atoms with Crippen LogP contribution in [0.4, 0.5) is 0 Å². The van der Waals surface area contributed by atoms with Crippen LogP contribution in [0.2, 0.25) is 0 Å². The molecule has 1 aliphatic rings. The molecular weight excluding hydrogens is 156 g/mol. The number of hydrogen-bond acceptors (Lipinski definition) is 0. The van der Waals surface area contributed by atoms with E-state index in [-0.39, 0.29) is 12.4 Å². The molecule has 0 spiro atoms. The average Bonchev–Trinajstić information content (AvgIpc) is 2.00. The van der Waals surface area contributed by atoms with Crippen LogP contribution in [0.25, 0.3) is 0 Å². The first kappa shape index (κ1) is 13.4. The summed E-state index contributed by atoms with van der Waals surface area (Å²) < 4.78 is 0. The molecule has 0 nitrogen and oxygen atoms in total. The van der Waals surface area contributed by atoms with Crippen molar-refractivity contribution >= 4 is 12.4 Å². The molecule has 0 radical (unpaired) electrons. The Balaban J connectivity index is 0. The molecule has 0 aromatic heterocycles. The molecular formula is C10H19Cl. The van der Waals surface area contributed by atoms with E-state index in [2.05, 4.69) is 26.0 Å². The highest BCUT2D eigenvalue weighted by molar-refractivity contribution is 5.85. The van der Waals surface area contributed by atoms with Gasteiger partial charge in [-0.25, -0.2) is 0 Å². The summed E-state index contributed by atoms with van der Waals surface area (Å²) in [5.74, 6) is 0. The Morgan fingerprint density at radius 1 is 0.909 bits per heavy atom. The monoisotopic (exact) mass is 174 g/mol. The largest absolute Gasteiger partial charge is 0.147 e. The lowest BCUT2D eigenvalue weighted by Crippen LogP contribution is -1.85. The summed E-state index contributed by atoms with van der Waals surface area (Å²) in [4.78, 5) is 0. The smallest absolute Gasteiger partial charge is 0.0283 e. The van der Waals surface area contributed by atoms with Crippen molar-refractivity contribution in [3.8, 4) is 0 Å². The Morgan fingerprint density at radius 3 is 1.36 bits per heavy atom. The van der Waals surface area contributed by atoms with Crippen LogP contribution in [0.1, 0.15) is 40.5 Å². The third-order valence-electron chi connectivity index (χ3n) is 1.57. The van der Waals surface area contributed by atoms with Crippen molar-refractivity contribution in [2.45, 2.75) is 40.5 Å². The molecule has 0 aliphatic heterocycles. The average molecular weight is 175 g/mol. The Bertz CT molecular complexity index is 125. The van der Waals surface area contributed by atoms with Crippen molar-refractivity contribution < 1.29 is 0 Å². The Kier molecular flexibility index (Phi) is 9.57. The van der Waals surface area contributed by atoms with Gasteiger partial charge < -0.3 is 0 Å². The van der Waals surface area contributed by atoms with E-state index < -0.39 is 0 Å². The summed E-state index contributed by atoms with van der Waals surface area (Å²) >= 11 is 0. The van der Waals surface area contributed by atoms with Crippen molar-refractivity contribution in [3.05, 3.63) is 23.3 Å². The van der Waals surface area contributed by atoms with Gasteiger partial charge in [-0.1, -0.05) is 37.1 Å². The van der Waals surface area contributed by atoms with Crippen LogP contribution in [0, 0.1) is 0 Å². The molecule has 1 heteroatoms. The molecule has 0 amide bonds. The molecule has 0 saturated heterocycles. The first-order valence-electron chi connectivity index (χ1n) is 4.12. The fourth-order valence-corrected chi connectivity index (χ4v) is 0.846. The summed E-state index contributed by atoms with van der Waals surface area (Å²) in [6, 6.07) is 0. The van der Waals surface area contributed by atoms with Gasteiger partial charge in [-0.2, -0.15) is 0 Å². The molecule has 0 saturated carbocycles. The lowest BCUT2D eigenvalue weighted by atomic mass is 10.0. The molecule has 0 N–H and O–H groups in total. The van der Waals surface area contributed by atoms with Gasteiger partial charge in [0.05, 0.1) is 0 Å². The zero-order chi connectivity index (χ0) is 7.98. The zero-order valence-corrected chi connectivity index (χ0v) is 8.79. The normalized spacial score (nSPS) is 14.9. The predicted octanol–water partition coefficient (Wildman–Crippen LogP) is 4.12. The second kappa shape index (κ2) is 7.87. The van der Waals surface area contributed by atoms with Crippen molar-refractivity contribution in [1.82, 2.24) is 0 Å². The van der Waals surface area contributed by atoms with Gasteiger partial charge >= 0.3 is 0 Å². The van der Waals surface area contributed by atoms with Crippen LogP contribution < -0.4 is 0 Å². The van der Waals surface area contributed by atoms with E-state index in [0.29, 0.717) is 0 Å². The quantitative estimate of drug-likeness (QED) is 0.518. The first-order chi connectivity index (χ1) is 4.79. The molecule has 0 unspecified atom stereocenters. The van der Waals surface area contributed by atoms with Crippen LogP contribution in [-0.4, -0.2) is 0 Å². The third-order valence-corrected chi connectivity index (χ3v) is 1.57. The van der Waals surface area contributed by atoms with Crippen molar-refractivity contribution in [1.29, 1.82) is 0 Å². The summed E-state index contributed by atoms with van der Waals surface area (Å²) in [6.45, 7) is 8.37. The third kappa shape index (κ3) is 6.18. The van der Waals surface area contributed by atoms with E-state index >= 15 is 0 Å². The standard InChI is InChI=1S/C8H12.C2H6.ClH/c1-7-3-5-8(2)6-4-7;1-2;/h3,5H,4,6H2,1-2H3;1-2H3;1H. The van der Waals surface area contributed by atoms with E-state index in [0.717, 1.165) is 0 Å². The fraction of sp³-hybridized carbons (Fsp3) is 0.600. The molecule has 66 valence electrons. The predicted molar refractivity (Wildman–Crippen MR) is 55.3 cm³/mol. The molecule has 0 bridgehead atoms. The minimum atomic E-state index is 0. The minimum absolute atomic E-state index is 0. The van der Waals surface area contributed by atoms with Crippen LogP contribution in [0.15, 0.2) is 23.3 Å². The van der Waals surface area contributed by atoms with Crippen molar-refractivity contribution in [2.75, 3.05) is 0 Å². The van der Waals surface area contributed by atoms with Crippen molar-refractivity contribution in [3.63, 3.8) is 0 Å². The lowest BCUT2D eigenvalue weighted by Gasteiger charge is -2.05. The maximum absolute atomic E-state index is 2.21. The molecule has 1 aliphatic carbocycles. The summed E-state index contributed by atoms with van der Waals surface area (Å²) in [6.07, 6.45) is 6.95. The van der Waals surface area contributed by atoms with Gasteiger partial charge in [0.1, 0.15) is 0 Å². The highest BCUT2D eigenvalue weighted by Gasteiger charge is 1.95. The number of hydrogen-bond donors (Lipinski definition) is 0. The highest BCUT2D eigenvalue weighted by atomic mass is 35.5. The van der Waals surface area contributed by atoms with E-state index in [1.54, 1.807) is 0 Å². The zero-order valence-electron chi connectivity index (χ0n) is 7.98. The van der Waals surface area contributed by atoms with Gasteiger partial charge in [-0.15, -0.1) is 12.4 Å². The first-order valence-corrected chi connectivity index (χ1v) is 4.12. The van der Waals surface area contributed by atoms with Crippen LogP contribution in [-0.2, 0) is 0 Å². The molecule has 0 atom stereocenters. The van der Waals surface area contributed by atoms with Crippen molar-refractivity contribution in [2.24, 2.45) is 0 Å². The topological polar surface area (TPSA) is 0 Å². The van der Waals surface area contributed by atoms with Crippen LogP contribution in [0.3, 0.4) is 0 Å². The van der Waals surface area contributed by atoms with Gasteiger partial charge in [0.2, 0.25) is 0 Å². The van der Waals surface area contributed by atoms with E-state index in [1.807, 2.05) is 13.8 Å². The molecule has 0 heterocycles. The second-order valence-corrected chi connectivity index (χ2v) is 2.53. The van der Waals surface area contributed by atoms with E-state index in [1.165, 1.54) is 24.0 Å². The summed E-state index contributed by atoms with van der Waals surface area (Å²) in [7, 11) is 0. The second-order valence-electron chi connectivity index (χ2n) is 2.53. The number of halogens is 1. The Hall–Kier alpha value is -0.230. The number of rotatable bonds is 0.